The summed E-state index contributed by atoms with van der Waals surface area (Å²) in [6.45, 7) is 9.92. The summed E-state index contributed by atoms with van der Waals surface area (Å²) in [5.41, 5.74) is 2.65. The van der Waals surface area contributed by atoms with E-state index < -0.39 is 11.9 Å². The Kier molecular flexibility index (Phi) is 7.82. The van der Waals surface area contributed by atoms with Crippen molar-refractivity contribution < 1.29 is 23.8 Å². The van der Waals surface area contributed by atoms with Crippen LogP contribution >= 0.6 is 0 Å². The molecule has 0 amide bonds. The number of carboxylic acids is 1. The molecule has 2 aromatic rings. The minimum Gasteiger partial charge on any atom is -0.478 e. The zero-order chi connectivity index (χ0) is 32.7. The van der Waals surface area contributed by atoms with E-state index in [-0.39, 0.29) is 34.5 Å². The van der Waals surface area contributed by atoms with Gasteiger partial charge in [0.05, 0.1) is 11.7 Å². The van der Waals surface area contributed by atoms with Crippen molar-refractivity contribution in [3.63, 3.8) is 0 Å². The molecule has 2 aromatic carbocycles. The highest BCUT2D eigenvalue weighted by Gasteiger charge is 2.66. The van der Waals surface area contributed by atoms with E-state index in [0.717, 1.165) is 42.9 Å². The van der Waals surface area contributed by atoms with Crippen LogP contribution in [0.1, 0.15) is 125 Å². The summed E-state index contributed by atoms with van der Waals surface area (Å²) in [5.74, 6) is -0.599. The normalized spacial score (nSPS) is 39.9. The zero-order valence-electron chi connectivity index (χ0n) is 28.3. The predicted molar refractivity (Wildman–Crippen MR) is 178 cm³/mol. The molecule has 5 aliphatic rings. The van der Waals surface area contributed by atoms with Crippen molar-refractivity contribution in [1.29, 1.82) is 0 Å². The van der Waals surface area contributed by atoms with E-state index in [9.17, 15) is 9.90 Å². The number of carbonyl (C=O) groups is 1. The average Bonchev–Trinajstić information content (AvgIpc) is 3.43. The second-order valence-electron chi connectivity index (χ2n) is 17.5. The third-order valence-corrected chi connectivity index (χ3v) is 15.2. The molecule has 250 valence electrons. The molecule has 0 radical (unpaired) electrons. The van der Waals surface area contributed by atoms with Crippen molar-refractivity contribution in [1.82, 2.24) is 0 Å². The number of benzene rings is 2. The lowest BCUT2D eigenvalue weighted by Gasteiger charge is -2.69. The first-order chi connectivity index (χ1) is 21.7. The Morgan fingerprint density at radius 3 is 2.26 bits per heavy atom. The van der Waals surface area contributed by atoms with Crippen molar-refractivity contribution in [2.45, 2.75) is 123 Å². The second-order valence-corrected chi connectivity index (χ2v) is 17.5. The highest BCUT2D eigenvalue weighted by molar-refractivity contribution is 5.87. The zero-order valence-corrected chi connectivity index (χ0v) is 28.3. The molecule has 9 unspecified atom stereocenters. The van der Waals surface area contributed by atoms with Crippen LogP contribution in [0.5, 0.6) is 0 Å². The molecule has 0 aromatic heterocycles. The van der Waals surface area contributed by atoms with Crippen LogP contribution in [0.15, 0.2) is 48.5 Å². The first-order valence-electron chi connectivity index (χ1n) is 18.2. The van der Waals surface area contributed by atoms with Crippen LogP contribution in [0.2, 0.25) is 0 Å². The quantitative estimate of drug-likeness (QED) is 0.333. The Morgan fingerprint density at radius 1 is 0.804 bits per heavy atom. The van der Waals surface area contributed by atoms with Crippen molar-refractivity contribution in [2.24, 2.45) is 51.2 Å². The number of aliphatic hydroxyl groups is 1. The lowest BCUT2D eigenvalue weighted by atomic mass is 9.36. The van der Waals surface area contributed by atoms with Crippen LogP contribution in [-0.4, -0.2) is 22.3 Å². The summed E-state index contributed by atoms with van der Waals surface area (Å²) in [6.07, 6.45) is 14.1. The summed E-state index contributed by atoms with van der Waals surface area (Å²) in [5, 5.41) is 20.1. The van der Waals surface area contributed by atoms with Crippen LogP contribution in [-0.2, 0) is 18.8 Å². The van der Waals surface area contributed by atoms with Crippen molar-refractivity contribution in [2.75, 3.05) is 0 Å². The number of carboxylic acid groups (broad SMARTS) is 1. The topological polar surface area (TPSA) is 57.5 Å². The molecule has 5 fully saturated rings. The standard InChI is InChI=1S/C41H54F2O3/c1-37(2)33-17-20-38(3)31-16-22-40(19-6-9-32(40)30(31)14-15-34(38)39(33,4)21-18-35(37)44)24-26-7-5-8-27(23-26)25-41(42,43)29-12-10-28(11-13-29)36(45)46/h5,7-8,10-13,23,30-35,44H,6,9,14-22,24-25H2,1-4H3,(H,45,46). The molecule has 5 aliphatic carbocycles. The second kappa shape index (κ2) is 11.1. The van der Waals surface area contributed by atoms with Crippen LogP contribution in [0.25, 0.3) is 0 Å². The van der Waals surface area contributed by atoms with E-state index in [2.05, 4.69) is 33.8 Å². The van der Waals surface area contributed by atoms with E-state index in [1.807, 2.05) is 18.2 Å². The van der Waals surface area contributed by atoms with Gasteiger partial charge in [-0.1, -0.05) is 70.5 Å². The summed E-state index contributed by atoms with van der Waals surface area (Å²) in [4.78, 5) is 11.2. The van der Waals surface area contributed by atoms with Gasteiger partial charge in [0.1, 0.15) is 0 Å². The molecule has 3 nitrogen and oxygen atoms in total. The van der Waals surface area contributed by atoms with Gasteiger partial charge < -0.3 is 10.2 Å². The number of aromatic carboxylic acids is 1. The number of hydrogen-bond donors (Lipinski definition) is 2. The molecular weight excluding hydrogens is 578 g/mol. The third-order valence-electron chi connectivity index (χ3n) is 15.2. The van der Waals surface area contributed by atoms with Gasteiger partial charge in [-0.25, -0.2) is 13.6 Å². The Bertz CT molecular complexity index is 1470. The van der Waals surface area contributed by atoms with Crippen LogP contribution in [0, 0.1) is 51.2 Å². The van der Waals surface area contributed by atoms with Gasteiger partial charge in [-0.3, -0.25) is 0 Å². The predicted octanol–water partition coefficient (Wildman–Crippen LogP) is 10.1. The smallest absolute Gasteiger partial charge is 0.335 e. The summed E-state index contributed by atoms with van der Waals surface area (Å²) < 4.78 is 30.7. The van der Waals surface area contributed by atoms with E-state index in [1.54, 1.807) is 0 Å². The minimum absolute atomic E-state index is 0.0121. The number of hydrogen-bond acceptors (Lipinski definition) is 2. The maximum Gasteiger partial charge on any atom is 0.335 e. The molecule has 9 atom stereocenters. The van der Waals surface area contributed by atoms with Gasteiger partial charge >= 0.3 is 5.97 Å². The van der Waals surface area contributed by atoms with E-state index in [1.165, 1.54) is 87.6 Å². The number of fused-ring (bicyclic) bond motifs is 7. The van der Waals surface area contributed by atoms with Gasteiger partial charge in [-0.15, -0.1) is 0 Å². The SMILES string of the molecule is CC1(C)C(O)CCC2(C)C1CCC1(C)C3CCC4(Cc5cccc(CC(F)(F)c6ccc(C(=O)O)cc6)c5)CCCC4C3CCC12. The van der Waals surface area contributed by atoms with Gasteiger partial charge in [0, 0.05) is 12.0 Å². The molecule has 0 aliphatic heterocycles. The number of alkyl halides is 2. The maximum absolute atomic E-state index is 15.4. The Morgan fingerprint density at radius 2 is 1.52 bits per heavy atom. The molecular formula is C41H54F2O3. The van der Waals surface area contributed by atoms with Crippen molar-refractivity contribution >= 4 is 5.97 Å². The molecule has 5 saturated carbocycles. The molecule has 7 rings (SSSR count). The number of halogens is 2. The fourth-order valence-electron chi connectivity index (χ4n) is 13.1. The Hall–Kier alpha value is -2.27. The van der Waals surface area contributed by atoms with Gasteiger partial charge in [0.2, 0.25) is 0 Å². The van der Waals surface area contributed by atoms with Crippen LogP contribution in [0.3, 0.4) is 0 Å². The molecule has 2 N–H and O–H groups in total. The largest absolute Gasteiger partial charge is 0.478 e. The van der Waals surface area contributed by atoms with Gasteiger partial charge in [-0.05, 0) is 145 Å². The summed E-state index contributed by atoms with van der Waals surface area (Å²) in [6, 6.07) is 13.0. The van der Waals surface area contributed by atoms with Gasteiger partial charge in [-0.2, -0.15) is 0 Å². The van der Waals surface area contributed by atoms with E-state index in [4.69, 9.17) is 5.11 Å². The van der Waals surface area contributed by atoms with Crippen molar-refractivity contribution in [3.05, 3.63) is 70.8 Å². The average molecular weight is 633 g/mol. The summed E-state index contributed by atoms with van der Waals surface area (Å²) in [7, 11) is 0. The molecule has 5 heteroatoms. The number of rotatable bonds is 6. The Labute approximate surface area is 274 Å². The molecule has 0 heterocycles. The van der Waals surface area contributed by atoms with Crippen LogP contribution < -0.4 is 0 Å². The fourth-order valence-corrected chi connectivity index (χ4v) is 13.1. The molecule has 0 bridgehead atoms. The lowest BCUT2D eigenvalue weighted by Crippen LogP contribution is -2.63. The number of aliphatic hydroxyl groups excluding tert-OH is 1. The maximum atomic E-state index is 15.4. The molecule has 0 saturated heterocycles. The third kappa shape index (κ3) is 4.99. The molecule has 46 heavy (non-hydrogen) atoms. The monoisotopic (exact) mass is 632 g/mol. The van der Waals surface area contributed by atoms with Crippen molar-refractivity contribution in [3.8, 4) is 0 Å². The highest BCUT2D eigenvalue weighted by Crippen LogP contribution is 2.73. The lowest BCUT2D eigenvalue weighted by molar-refractivity contribution is -0.214. The van der Waals surface area contributed by atoms with Gasteiger partial charge in [0.15, 0.2) is 0 Å². The first-order valence-corrected chi connectivity index (χ1v) is 18.2. The van der Waals surface area contributed by atoms with Gasteiger partial charge in [0.25, 0.3) is 5.92 Å². The fraction of sp³-hybridized carbons (Fsp3) is 0.683. The highest BCUT2D eigenvalue weighted by atomic mass is 19.3. The first kappa shape index (κ1) is 32.3. The summed E-state index contributed by atoms with van der Waals surface area (Å²) >= 11 is 0. The van der Waals surface area contributed by atoms with E-state index >= 15 is 8.78 Å². The molecule has 0 spiro atoms. The Balaban J connectivity index is 1.09. The van der Waals surface area contributed by atoms with E-state index in [0.29, 0.717) is 22.3 Å². The minimum atomic E-state index is -3.07. The van der Waals surface area contributed by atoms with Crippen LogP contribution in [0.4, 0.5) is 8.78 Å².